The highest BCUT2D eigenvalue weighted by molar-refractivity contribution is 5.86. The summed E-state index contributed by atoms with van der Waals surface area (Å²) in [5, 5.41) is 0. The summed E-state index contributed by atoms with van der Waals surface area (Å²) in [6, 6.07) is 10.8. The van der Waals surface area contributed by atoms with Crippen LogP contribution in [-0.4, -0.2) is 41.3 Å². The molecule has 3 heterocycles. The lowest BCUT2D eigenvalue weighted by Crippen LogP contribution is -2.51. The van der Waals surface area contributed by atoms with Crippen molar-refractivity contribution in [1.82, 2.24) is 4.90 Å². The number of nitrogens with zero attached hydrogens (tertiary/aromatic N) is 1. The Morgan fingerprint density at radius 2 is 2.09 bits per heavy atom. The van der Waals surface area contributed by atoms with Gasteiger partial charge in [-0.15, -0.1) is 0 Å². The summed E-state index contributed by atoms with van der Waals surface area (Å²) in [6.45, 7) is 4.90. The van der Waals surface area contributed by atoms with Crippen LogP contribution in [0, 0.1) is 5.92 Å². The molecule has 4 rings (SSSR count). The molecule has 2 bridgehead atoms. The molecule has 4 heteroatoms. The van der Waals surface area contributed by atoms with Crippen LogP contribution in [0.2, 0.25) is 0 Å². The number of Topliss-reactive ketones (excluding diaryl/α,β-unsaturated/α-hetero) is 1. The van der Waals surface area contributed by atoms with Crippen molar-refractivity contribution in [3.8, 4) is 0 Å². The van der Waals surface area contributed by atoms with E-state index < -0.39 is 0 Å². The zero-order valence-electron chi connectivity index (χ0n) is 13.1. The molecule has 118 valence electrons. The quantitative estimate of drug-likeness (QED) is 0.856. The molecular weight excluding hydrogens is 278 g/mol. The molecule has 0 N–H and O–H groups in total. The molecule has 0 saturated carbocycles. The minimum Gasteiger partial charge on any atom is -0.350 e. The molecule has 4 nitrogen and oxygen atoms in total. The maximum Gasteiger partial charge on any atom is 0.162 e. The minimum atomic E-state index is -0.147. The number of rotatable bonds is 4. The van der Waals surface area contributed by atoms with E-state index in [4.69, 9.17) is 9.47 Å². The fraction of sp³-hybridized carbons (Fsp3) is 0.611. The fourth-order valence-corrected chi connectivity index (χ4v) is 4.33. The topological polar surface area (TPSA) is 38.8 Å². The first kappa shape index (κ1) is 14.4. The maximum atomic E-state index is 12.4. The molecule has 22 heavy (non-hydrogen) atoms. The molecule has 1 aromatic carbocycles. The van der Waals surface area contributed by atoms with E-state index in [2.05, 4.69) is 29.2 Å². The Morgan fingerprint density at radius 1 is 1.32 bits per heavy atom. The summed E-state index contributed by atoms with van der Waals surface area (Å²) >= 11 is 0. The first-order valence-electron chi connectivity index (χ1n) is 8.27. The fourth-order valence-electron chi connectivity index (χ4n) is 4.33. The van der Waals surface area contributed by atoms with E-state index in [1.54, 1.807) is 0 Å². The van der Waals surface area contributed by atoms with Gasteiger partial charge >= 0.3 is 0 Å². The van der Waals surface area contributed by atoms with Crippen molar-refractivity contribution in [3.05, 3.63) is 35.9 Å². The van der Waals surface area contributed by atoms with E-state index in [9.17, 15) is 4.79 Å². The summed E-state index contributed by atoms with van der Waals surface area (Å²) in [7, 11) is 0. The van der Waals surface area contributed by atoms with Gasteiger partial charge in [-0.2, -0.15) is 0 Å². The molecule has 5 atom stereocenters. The van der Waals surface area contributed by atoms with Crippen LogP contribution in [0.15, 0.2) is 30.3 Å². The van der Waals surface area contributed by atoms with Crippen LogP contribution >= 0.6 is 0 Å². The van der Waals surface area contributed by atoms with Gasteiger partial charge in [0.1, 0.15) is 0 Å². The number of benzene rings is 1. The molecule has 3 aliphatic rings. The number of carbonyl (C=O) groups is 1. The predicted octanol–water partition coefficient (Wildman–Crippen LogP) is 2.37. The molecule has 0 aliphatic carbocycles. The van der Waals surface area contributed by atoms with Crippen LogP contribution in [0.1, 0.15) is 32.3 Å². The Kier molecular flexibility index (Phi) is 3.56. The van der Waals surface area contributed by atoms with Gasteiger partial charge in [0.25, 0.3) is 0 Å². The normalized spacial score (nSPS) is 37.2. The van der Waals surface area contributed by atoms with E-state index in [0.717, 1.165) is 13.0 Å². The molecule has 0 spiro atoms. The lowest BCUT2D eigenvalue weighted by atomic mass is 9.96. The van der Waals surface area contributed by atoms with E-state index in [0.29, 0.717) is 24.2 Å². The SMILES string of the molecule is CC(C)O[C@H]1OC2CC(=O)[C@@H]3C[C@H]1[C@H]2N3Cc1ccccc1. The van der Waals surface area contributed by atoms with Gasteiger partial charge in [0.2, 0.25) is 0 Å². The minimum absolute atomic E-state index is 0.00344. The zero-order chi connectivity index (χ0) is 15.3. The van der Waals surface area contributed by atoms with Crippen molar-refractivity contribution in [2.24, 2.45) is 5.92 Å². The van der Waals surface area contributed by atoms with Gasteiger partial charge in [0.15, 0.2) is 12.1 Å². The summed E-state index contributed by atoms with van der Waals surface area (Å²) < 4.78 is 12.0. The van der Waals surface area contributed by atoms with Crippen molar-refractivity contribution in [2.45, 2.75) is 63.8 Å². The molecule has 3 fully saturated rings. The Morgan fingerprint density at radius 3 is 2.82 bits per heavy atom. The van der Waals surface area contributed by atoms with E-state index in [-0.39, 0.29) is 24.5 Å². The first-order valence-corrected chi connectivity index (χ1v) is 8.27. The second-order valence-corrected chi connectivity index (χ2v) is 6.96. The first-order chi connectivity index (χ1) is 10.6. The highest BCUT2D eigenvalue weighted by atomic mass is 16.7. The van der Waals surface area contributed by atoms with Crippen LogP contribution in [0.3, 0.4) is 0 Å². The lowest BCUT2D eigenvalue weighted by molar-refractivity contribution is -0.180. The van der Waals surface area contributed by atoms with E-state index in [1.165, 1.54) is 5.56 Å². The van der Waals surface area contributed by atoms with E-state index >= 15 is 0 Å². The molecule has 0 radical (unpaired) electrons. The Labute approximate surface area is 131 Å². The Hall–Kier alpha value is -1.23. The predicted molar refractivity (Wildman–Crippen MR) is 82.2 cm³/mol. The van der Waals surface area contributed by atoms with Gasteiger partial charge < -0.3 is 9.47 Å². The number of ketones is 1. The molecule has 1 unspecified atom stereocenters. The van der Waals surface area contributed by atoms with Crippen molar-refractivity contribution < 1.29 is 14.3 Å². The molecule has 1 aromatic rings. The van der Waals surface area contributed by atoms with Gasteiger partial charge in [0.05, 0.1) is 18.2 Å². The standard InChI is InChI=1S/C18H23NO3/c1-11(2)21-18-13-8-14-15(20)9-16(22-18)17(13)19(14)10-12-6-4-3-5-7-12/h3-7,11,13-14,16-18H,8-10H2,1-2H3/t13-,14-,16?,17+,18-/m0/s1. The van der Waals surface area contributed by atoms with Gasteiger partial charge in [0, 0.05) is 24.9 Å². The number of hydrogen-bond acceptors (Lipinski definition) is 4. The van der Waals surface area contributed by atoms with Crippen LogP contribution in [0.25, 0.3) is 0 Å². The molecule has 3 aliphatic heterocycles. The number of carbonyl (C=O) groups excluding carboxylic acids is 1. The summed E-state index contributed by atoms with van der Waals surface area (Å²) in [4.78, 5) is 14.8. The van der Waals surface area contributed by atoms with Crippen LogP contribution < -0.4 is 0 Å². The second-order valence-electron chi connectivity index (χ2n) is 6.96. The lowest BCUT2D eigenvalue weighted by Gasteiger charge is -2.36. The van der Waals surface area contributed by atoms with Crippen LogP contribution in [0.5, 0.6) is 0 Å². The van der Waals surface area contributed by atoms with Crippen molar-refractivity contribution >= 4 is 5.78 Å². The third-order valence-electron chi connectivity index (χ3n) is 5.15. The van der Waals surface area contributed by atoms with E-state index in [1.807, 2.05) is 19.9 Å². The Bertz CT molecular complexity index is 559. The maximum absolute atomic E-state index is 12.4. The van der Waals surface area contributed by atoms with Crippen LogP contribution in [-0.2, 0) is 20.8 Å². The highest BCUT2D eigenvalue weighted by Gasteiger charge is 2.60. The Balaban J connectivity index is 1.58. The molecule has 3 saturated heterocycles. The summed E-state index contributed by atoms with van der Waals surface area (Å²) in [5.74, 6) is 0.662. The largest absolute Gasteiger partial charge is 0.350 e. The van der Waals surface area contributed by atoms with Crippen molar-refractivity contribution in [3.63, 3.8) is 0 Å². The highest BCUT2D eigenvalue weighted by Crippen LogP contribution is 2.48. The van der Waals surface area contributed by atoms with Gasteiger partial charge in [-0.05, 0) is 25.8 Å². The van der Waals surface area contributed by atoms with Gasteiger partial charge in [-0.3, -0.25) is 9.69 Å². The molecular formula is C18H23NO3. The zero-order valence-corrected chi connectivity index (χ0v) is 13.1. The van der Waals surface area contributed by atoms with Crippen LogP contribution in [0.4, 0.5) is 0 Å². The smallest absolute Gasteiger partial charge is 0.162 e. The third-order valence-corrected chi connectivity index (χ3v) is 5.15. The summed E-state index contributed by atoms with van der Waals surface area (Å²) in [6.07, 6.45) is 1.44. The average Bonchev–Trinajstić information content (AvgIpc) is 2.95. The summed E-state index contributed by atoms with van der Waals surface area (Å²) in [5.41, 5.74) is 1.26. The second kappa shape index (κ2) is 5.44. The number of ether oxygens (including phenoxy) is 2. The van der Waals surface area contributed by atoms with Crippen molar-refractivity contribution in [1.29, 1.82) is 0 Å². The number of hydrogen-bond donors (Lipinski definition) is 0. The monoisotopic (exact) mass is 301 g/mol. The molecule has 0 amide bonds. The van der Waals surface area contributed by atoms with Crippen molar-refractivity contribution in [2.75, 3.05) is 0 Å². The number of fused-ring (bicyclic) bond motifs is 1. The average molecular weight is 301 g/mol. The third kappa shape index (κ3) is 2.30. The van der Waals surface area contributed by atoms with Gasteiger partial charge in [-0.25, -0.2) is 0 Å². The number of piperidine rings is 1. The van der Waals surface area contributed by atoms with Gasteiger partial charge in [-0.1, -0.05) is 30.3 Å². The molecule has 0 aromatic heterocycles.